The summed E-state index contributed by atoms with van der Waals surface area (Å²) < 4.78 is 6.36. The predicted octanol–water partition coefficient (Wildman–Crippen LogP) is 2.63. The molecular formula is C21H21NO3. The summed E-state index contributed by atoms with van der Waals surface area (Å²) in [5.41, 5.74) is 1.30. The number of anilines is 1. The minimum absolute atomic E-state index is 0.00191. The normalized spacial score (nSPS) is 50.0. The van der Waals surface area contributed by atoms with Crippen molar-refractivity contribution in [2.75, 3.05) is 4.90 Å². The van der Waals surface area contributed by atoms with Crippen molar-refractivity contribution in [3.8, 4) is 0 Å². The van der Waals surface area contributed by atoms with Gasteiger partial charge in [0, 0.05) is 0 Å². The molecule has 0 aromatic heterocycles. The number of ether oxygens (including phenoxy) is 1. The van der Waals surface area contributed by atoms with E-state index in [2.05, 4.69) is 0 Å². The maximum absolute atomic E-state index is 13.2. The van der Waals surface area contributed by atoms with Crippen LogP contribution >= 0.6 is 0 Å². The van der Waals surface area contributed by atoms with E-state index in [4.69, 9.17) is 4.74 Å². The van der Waals surface area contributed by atoms with E-state index in [0.29, 0.717) is 17.3 Å². The molecule has 4 nitrogen and oxygen atoms in total. The summed E-state index contributed by atoms with van der Waals surface area (Å²) in [6.45, 7) is 0. The Morgan fingerprint density at radius 3 is 1.96 bits per heavy atom. The number of rotatable bonds is 1. The molecule has 2 amide bonds. The zero-order valence-corrected chi connectivity index (χ0v) is 14.0. The number of amides is 2. The lowest BCUT2D eigenvalue weighted by atomic mass is 9.64. The van der Waals surface area contributed by atoms with Crippen molar-refractivity contribution in [3.63, 3.8) is 0 Å². The molecular weight excluding hydrogens is 314 g/mol. The maximum atomic E-state index is 13.2. The summed E-state index contributed by atoms with van der Waals surface area (Å²) in [7, 11) is 0. The molecule has 6 fully saturated rings. The van der Waals surface area contributed by atoms with Crippen molar-refractivity contribution in [3.05, 3.63) is 30.3 Å². The summed E-state index contributed by atoms with van der Waals surface area (Å²) >= 11 is 0. The Morgan fingerprint density at radius 1 is 0.880 bits per heavy atom. The molecule has 3 heterocycles. The standard InChI is InChI=1S/C21H21NO3/c23-19-15-16(20(24)22(19)10-4-2-1-3-5-10)18-14-12-7-6-11(21(12)8-9-21)13(14)17(15)25-18/h1-5,11-18H,6-9H2. The molecule has 8 atom stereocenters. The first kappa shape index (κ1) is 13.5. The number of carbonyl (C=O) groups excluding carboxylic acids is 2. The van der Waals surface area contributed by atoms with Gasteiger partial charge in [0.2, 0.25) is 11.8 Å². The SMILES string of the molecule is O=C1C2C3OC(C2C(=O)N1c1ccccc1)C1C3C2CCC1C21CC1. The highest BCUT2D eigenvalue weighted by Gasteiger charge is 2.79. The lowest BCUT2D eigenvalue weighted by Crippen LogP contribution is -2.43. The Hall–Kier alpha value is -1.68. The molecule has 7 rings (SSSR count). The molecule has 3 aliphatic carbocycles. The van der Waals surface area contributed by atoms with Gasteiger partial charge >= 0.3 is 0 Å². The van der Waals surface area contributed by atoms with Gasteiger partial charge in [0.05, 0.1) is 29.7 Å². The molecule has 3 saturated heterocycles. The molecule has 4 heteroatoms. The van der Waals surface area contributed by atoms with Crippen LogP contribution < -0.4 is 4.90 Å². The third-order valence-corrected chi connectivity index (χ3v) is 8.66. The average molecular weight is 335 g/mol. The van der Waals surface area contributed by atoms with Crippen molar-refractivity contribution >= 4 is 17.5 Å². The highest BCUT2D eigenvalue weighted by Crippen LogP contribution is 2.79. The minimum atomic E-state index is -0.228. The van der Waals surface area contributed by atoms with Gasteiger partial charge in [-0.25, -0.2) is 4.90 Å². The monoisotopic (exact) mass is 335 g/mol. The van der Waals surface area contributed by atoms with Crippen LogP contribution in [0.3, 0.4) is 0 Å². The van der Waals surface area contributed by atoms with Gasteiger partial charge < -0.3 is 4.74 Å². The second kappa shape index (κ2) is 4.01. The van der Waals surface area contributed by atoms with E-state index in [1.807, 2.05) is 30.3 Å². The van der Waals surface area contributed by atoms with E-state index in [9.17, 15) is 9.59 Å². The molecule has 3 saturated carbocycles. The van der Waals surface area contributed by atoms with Gasteiger partial charge in [-0.05, 0) is 66.9 Å². The van der Waals surface area contributed by atoms with E-state index >= 15 is 0 Å². The summed E-state index contributed by atoms with van der Waals surface area (Å²) in [6, 6.07) is 9.42. The second-order valence-corrected chi connectivity index (χ2v) is 9.14. The second-order valence-electron chi connectivity index (χ2n) is 9.14. The summed E-state index contributed by atoms with van der Waals surface area (Å²) in [4.78, 5) is 27.8. The third-order valence-electron chi connectivity index (χ3n) is 8.66. The van der Waals surface area contributed by atoms with E-state index in [0.717, 1.165) is 17.5 Å². The van der Waals surface area contributed by atoms with E-state index in [-0.39, 0.29) is 35.9 Å². The van der Waals surface area contributed by atoms with Crippen LogP contribution in [0, 0.1) is 40.9 Å². The van der Waals surface area contributed by atoms with Crippen LogP contribution in [0.25, 0.3) is 0 Å². The summed E-state index contributed by atoms with van der Waals surface area (Å²) in [6.07, 6.45) is 5.39. The van der Waals surface area contributed by atoms with Crippen molar-refractivity contribution < 1.29 is 14.3 Å². The van der Waals surface area contributed by atoms with E-state index in [1.54, 1.807) is 0 Å². The van der Waals surface area contributed by atoms with E-state index in [1.165, 1.54) is 30.6 Å². The van der Waals surface area contributed by atoms with Crippen molar-refractivity contribution in [2.24, 2.45) is 40.9 Å². The Bertz CT molecular complexity index is 772. The molecule has 128 valence electrons. The number of carbonyl (C=O) groups is 2. The summed E-state index contributed by atoms with van der Waals surface area (Å²) in [5.74, 6) is 2.11. The first-order chi connectivity index (χ1) is 12.2. The van der Waals surface area contributed by atoms with E-state index < -0.39 is 0 Å². The largest absolute Gasteiger partial charge is 0.373 e. The molecule has 6 aliphatic rings. The molecule has 3 aliphatic heterocycles. The van der Waals surface area contributed by atoms with Crippen LogP contribution in [0.4, 0.5) is 5.69 Å². The fourth-order valence-electron chi connectivity index (χ4n) is 7.93. The first-order valence-corrected chi connectivity index (χ1v) is 9.81. The van der Waals surface area contributed by atoms with Gasteiger partial charge in [-0.3, -0.25) is 9.59 Å². The zero-order chi connectivity index (χ0) is 16.5. The number of hydrogen-bond acceptors (Lipinski definition) is 3. The Labute approximate surface area is 146 Å². The molecule has 0 N–H and O–H groups in total. The average Bonchev–Trinajstić information content (AvgIpc) is 2.88. The highest BCUT2D eigenvalue weighted by atomic mass is 16.5. The van der Waals surface area contributed by atoms with Crippen molar-refractivity contribution in [1.29, 1.82) is 0 Å². The van der Waals surface area contributed by atoms with Crippen LogP contribution in [0.15, 0.2) is 30.3 Å². The van der Waals surface area contributed by atoms with Gasteiger partial charge in [0.25, 0.3) is 0 Å². The number of fused-ring (bicyclic) bond motifs is 10. The van der Waals surface area contributed by atoms with Crippen molar-refractivity contribution in [1.82, 2.24) is 0 Å². The van der Waals surface area contributed by atoms with Crippen LogP contribution in [-0.4, -0.2) is 24.0 Å². The Morgan fingerprint density at radius 2 is 1.44 bits per heavy atom. The third kappa shape index (κ3) is 1.30. The van der Waals surface area contributed by atoms with Gasteiger partial charge in [-0.15, -0.1) is 0 Å². The lowest BCUT2D eigenvalue weighted by molar-refractivity contribution is -0.125. The number of hydrogen-bond donors (Lipinski definition) is 0. The van der Waals surface area contributed by atoms with Crippen LogP contribution in [-0.2, 0) is 14.3 Å². The number of benzene rings is 1. The van der Waals surface area contributed by atoms with Gasteiger partial charge in [-0.2, -0.15) is 0 Å². The molecule has 0 radical (unpaired) electrons. The van der Waals surface area contributed by atoms with Gasteiger partial charge in [0.1, 0.15) is 0 Å². The van der Waals surface area contributed by atoms with Crippen molar-refractivity contribution in [2.45, 2.75) is 37.9 Å². The minimum Gasteiger partial charge on any atom is -0.373 e. The fourth-order valence-corrected chi connectivity index (χ4v) is 7.93. The number of nitrogens with zero attached hydrogens (tertiary/aromatic N) is 1. The Kier molecular flexibility index (Phi) is 2.17. The molecule has 4 bridgehead atoms. The summed E-state index contributed by atoms with van der Waals surface area (Å²) in [5, 5.41) is 0. The quantitative estimate of drug-likeness (QED) is 0.741. The molecule has 1 spiro atoms. The van der Waals surface area contributed by atoms with Gasteiger partial charge in [0.15, 0.2) is 0 Å². The predicted molar refractivity (Wildman–Crippen MR) is 89.4 cm³/mol. The highest BCUT2D eigenvalue weighted by molar-refractivity contribution is 6.22. The zero-order valence-electron chi connectivity index (χ0n) is 14.0. The lowest BCUT2D eigenvalue weighted by Gasteiger charge is -2.35. The molecule has 1 aromatic rings. The van der Waals surface area contributed by atoms with Gasteiger partial charge in [-0.1, -0.05) is 18.2 Å². The van der Waals surface area contributed by atoms with Crippen LogP contribution in [0.1, 0.15) is 25.7 Å². The number of para-hydroxylation sites is 1. The topological polar surface area (TPSA) is 46.6 Å². The molecule has 8 unspecified atom stereocenters. The van der Waals surface area contributed by atoms with Crippen LogP contribution in [0.2, 0.25) is 0 Å². The number of imide groups is 1. The smallest absolute Gasteiger partial charge is 0.240 e. The molecule has 1 aromatic carbocycles. The van der Waals surface area contributed by atoms with Crippen LogP contribution in [0.5, 0.6) is 0 Å². The fraction of sp³-hybridized carbons (Fsp3) is 0.619. The Balaban J connectivity index is 1.31. The first-order valence-electron chi connectivity index (χ1n) is 9.81. The molecule has 25 heavy (non-hydrogen) atoms. The maximum Gasteiger partial charge on any atom is 0.240 e.